The first kappa shape index (κ1) is 35.8. The van der Waals surface area contributed by atoms with E-state index in [0.717, 1.165) is 12.5 Å². The van der Waals surface area contributed by atoms with Crippen LogP contribution in [0.2, 0.25) is 0 Å². The van der Waals surface area contributed by atoms with Crippen LogP contribution in [0.5, 0.6) is 0 Å². The Labute approximate surface area is 287 Å². The lowest BCUT2D eigenvalue weighted by molar-refractivity contribution is -0.150. The fourth-order valence-electron chi connectivity index (χ4n) is 6.13. The molecule has 0 unspecified atom stereocenters. The number of anilines is 2. The van der Waals surface area contributed by atoms with Gasteiger partial charge in [0.05, 0.1) is 17.7 Å². The number of ether oxygens (including phenoxy) is 1. The Hall–Kier alpha value is -5.47. The van der Waals surface area contributed by atoms with E-state index in [1.165, 1.54) is 17.2 Å². The summed E-state index contributed by atoms with van der Waals surface area (Å²) in [6.07, 6.45) is 2.37. The lowest BCUT2D eigenvalue weighted by Gasteiger charge is -2.38. The number of carbonyl (C=O) groups excluding carboxylic acids is 4. The van der Waals surface area contributed by atoms with E-state index in [2.05, 4.69) is 16.0 Å². The zero-order chi connectivity index (χ0) is 36.2. The molecule has 5 rings (SSSR count). The molecule has 1 saturated heterocycles. The molecule has 1 aliphatic heterocycles. The zero-order valence-corrected chi connectivity index (χ0v) is 28.2. The predicted molar refractivity (Wildman–Crippen MR) is 182 cm³/mol. The number of aryl methyl sites for hydroxylation is 1. The molecule has 1 aliphatic carbocycles. The molecule has 14 nitrogen and oxygen atoms in total. The number of hydrogen-bond donors (Lipinski definition) is 4. The zero-order valence-electron chi connectivity index (χ0n) is 28.2. The number of fused-ring (bicyclic) bond motifs is 1. The number of carbonyl (C=O) groups is 5. The first-order valence-corrected chi connectivity index (χ1v) is 16.6. The number of piperazine rings is 1. The number of nitrogens with zero attached hydrogens (tertiary/aromatic N) is 3. The monoisotopic (exact) mass is 692 g/mol. The van der Waals surface area contributed by atoms with Gasteiger partial charge in [-0.15, -0.1) is 0 Å². The van der Waals surface area contributed by atoms with Gasteiger partial charge in [-0.1, -0.05) is 18.6 Å². The van der Waals surface area contributed by atoms with Crippen LogP contribution in [0.1, 0.15) is 56.0 Å². The molecule has 0 spiro atoms. The van der Waals surface area contributed by atoms with Crippen LogP contribution >= 0.6 is 0 Å². The average molecular weight is 693 g/mol. The minimum atomic E-state index is -1.38. The van der Waals surface area contributed by atoms with Crippen LogP contribution in [0.3, 0.4) is 0 Å². The van der Waals surface area contributed by atoms with Gasteiger partial charge in [0.1, 0.15) is 23.4 Å². The lowest BCUT2D eigenvalue weighted by Crippen LogP contribution is -2.57. The molecule has 15 heteroatoms. The molecule has 0 atom stereocenters. The topological polar surface area (TPSA) is 179 Å². The highest BCUT2D eigenvalue weighted by molar-refractivity contribution is 6.07. The number of aromatic nitrogens is 1. The maximum Gasteiger partial charge on any atom is 0.410 e. The third kappa shape index (κ3) is 7.56. The molecule has 2 fully saturated rings. The maximum absolute atomic E-state index is 15.2. The quantitative estimate of drug-likeness (QED) is 0.220. The van der Waals surface area contributed by atoms with Crippen molar-refractivity contribution in [2.45, 2.75) is 59.2 Å². The summed E-state index contributed by atoms with van der Waals surface area (Å²) < 4.78 is 22.3. The Morgan fingerprint density at radius 2 is 1.68 bits per heavy atom. The van der Waals surface area contributed by atoms with Gasteiger partial charge in [0.15, 0.2) is 0 Å². The third-order valence-corrected chi connectivity index (χ3v) is 9.10. The Balaban J connectivity index is 1.09. The second kappa shape index (κ2) is 15.0. The summed E-state index contributed by atoms with van der Waals surface area (Å²) in [7, 11) is 0. The highest BCUT2D eigenvalue weighted by Crippen LogP contribution is 2.41. The Bertz CT molecular complexity index is 1860. The number of carboxylic acids is 1. The summed E-state index contributed by atoms with van der Waals surface area (Å²) in [4.78, 5) is 78.1. The summed E-state index contributed by atoms with van der Waals surface area (Å²) in [5.74, 6) is -3.27. The minimum absolute atomic E-state index is 0.0135. The smallest absolute Gasteiger partial charge is 0.410 e. The van der Waals surface area contributed by atoms with Gasteiger partial charge in [-0.05, 0) is 63.4 Å². The summed E-state index contributed by atoms with van der Waals surface area (Å²) in [5, 5.41) is 17.4. The van der Waals surface area contributed by atoms with Gasteiger partial charge in [-0.3, -0.25) is 19.2 Å². The van der Waals surface area contributed by atoms with Gasteiger partial charge in [-0.25, -0.2) is 14.0 Å². The molecule has 4 N–H and O–H groups in total. The van der Waals surface area contributed by atoms with Gasteiger partial charge < -0.3 is 40.2 Å². The van der Waals surface area contributed by atoms with Crippen molar-refractivity contribution in [1.29, 1.82) is 0 Å². The van der Waals surface area contributed by atoms with Crippen molar-refractivity contribution in [2.75, 3.05) is 42.9 Å². The molecule has 2 heterocycles. The fraction of sp³-hybridized carbons (Fsp3) is 0.429. The van der Waals surface area contributed by atoms with Crippen LogP contribution in [0.25, 0.3) is 10.9 Å². The van der Waals surface area contributed by atoms with E-state index in [1.54, 1.807) is 40.7 Å². The second-order valence-electron chi connectivity index (χ2n) is 12.8. The molecule has 1 saturated carbocycles. The van der Waals surface area contributed by atoms with Crippen molar-refractivity contribution in [1.82, 2.24) is 20.1 Å². The number of nitrogens with one attached hydrogen (secondary N) is 3. The molecule has 50 heavy (non-hydrogen) atoms. The number of hydrogen-bond acceptors (Lipinski definition) is 8. The van der Waals surface area contributed by atoms with Gasteiger partial charge in [0, 0.05) is 56.0 Å². The minimum Gasteiger partial charge on any atom is -0.477 e. The largest absolute Gasteiger partial charge is 0.477 e. The molecule has 2 aromatic carbocycles. The molecule has 3 aromatic rings. The predicted octanol–water partition coefficient (Wildman–Crippen LogP) is 3.07. The number of amides is 4. The van der Waals surface area contributed by atoms with Crippen LogP contribution in [0.15, 0.2) is 47.4 Å². The molecule has 266 valence electrons. The van der Waals surface area contributed by atoms with Crippen molar-refractivity contribution in [3.05, 3.63) is 69.8 Å². The van der Waals surface area contributed by atoms with E-state index in [4.69, 9.17) is 4.74 Å². The number of halogens is 1. The molecular formula is C35H41FN6O8. The van der Waals surface area contributed by atoms with E-state index in [0.29, 0.717) is 49.2 Å². The van der Waals surface area contributed by atoms with E-state index in [9.17, 15) is 33.9 Å². The highest BCUT2D eigenvalue weighted by Gasteiger charge is 2.50. The highest BCUT2D eigenvalue weighted by atomic mass is 19.1. The summed E-state index contributed by atoms with van der Waals surface area (Å²) in [5.41, 5.74) is -0.480. The van der Waals surface area contributed by atoms with E-state index >= 15 is 4.39 Å². The molecule has 4 amide bonds. The van der Waals surface area contributed by atoms with E-state index < -0.39 is 46.1 Å². The number of benzene rings is 2. The van der Waals surface area contributed by atoms with Crippen LogP contribution < -0.4 is 26.3 Å². The van der Waals surface area contributed by atoms with Gasteiger partial charge >= 0.3 is 12.1 Å². The van der Waals surface area contributed by atoms with Crippen molar-refractivity contribution in [3.8, 4) is 0 Å². The standard InChI is InChI=1S/C35H41FN6O8/c1-4-40-19-25(31(45)46)30(44)24-16-26(36)28(17-27(24)40)41-12-14-42(15-13-41)34(49)50-20-22-6-8-23(9-7-22)39-29(43)18-37-32(47)35(10-5-11-35)33(48)38-21(2)3/h6-9,16-17,19,21H,4-5,10-15,18,20H2,1-3H3,(H,37,47)(H,38,48)(H,39,43)(H,45,46). The first-order chi connectivity index (χ1) is 23.8. The van der Waals surface area contributed by atoms with Crippen LogP contribution in [-0.2, 0) is 32.3 Å². The average Bonchev–Trinajstić information content (AvgIpc) is 3.06. The van der Waals surface area contributed by atoms with Gasteiger partial charge in [0.2, 0.25) is 23.2 Å². The number of carboxylic acid groups (broad SMARTS) is 1. The molecule has 2 aliphatic rings. The third-order valence-electron chi connectivity index (χ3n) is 9.10. The Morgan fingerprint density at radius 1 is 1.00 bits per heavy atom. The second-order valence-corrected chi connectivity index (χ2v) is 12.8. The van der Waals surface area contributed by atoms with Crippen LogP contribution in [0.4, 0.5) is 20.6 Å². The van der Waals surface area contributed by atoms with Gasteiger partial charge in [0.25, 0.3) is 0 Å². The van der Waals surface area contributed by atoms with Crippen molar-refractivity contribution >= 4 is 52.1 Å². The number of rotatable bonds is 11. The summed E-state index contributed by atoms with van der Waals surface area (Å²) in [6.45, 7) is 6.65. The Kier molecular flexibility index (Phi) is 10.7. The van der Waals surface area contributed by atoms with Crippen molar-refractivity contribution in [2.24, 2.45) is 5.41 Å². The number of aromatic carboxylic acids is 1. The van der Waals surface area contributed by atoms with Crippen molar-refractivity contribution in [3.63, 3.8) is 0 Å². The van der Waals surface area contributed by atoms with Crippen LogP contribution in [-0.4, -0.2) is 83.1 Å². The van der Waals surface area contributed by atoms with E-state index in [1.807, 2.05) is 13.8 Å². The SMILES string of the molecule is CCn1cc(C(=O)O)c(=O)c2cc(F)c(N3CCN(C(=O)OCc4ccc(NC(=O)CNC(=O)C5(C(=O)NC(C)C)CCC5)cc4)CC3)cc21. The Morgan fingerprint density at radius 3 is 2.26 bits per heavy atom. The molecular weight excluding hydrogens is 651 g/mol. The lowest BCUT2D eigenvalue weighted by atomic mass is 9.67. The maximum atomic E-state index is 15.2. The molecule has 1 aromatic heterocycles. The fourth-order valence-corrected chi connectivity index (χ4v) is 6.13. The summed E-state index contributed by atoms with van der Waals surface area (Å²) >= 11 is 0. The summed E-state index contributed by atoms with van der Waals surface area (Å²) in [6, 6.07) is 9.18. The first-order valence-electron chi connectivity index (χ1n) is 16.6. The van der Waals surface area contributed by atoms with Crippen molar-refractivity contribution < 1.29 is 38.2 Å². The molecule has 0 radical (unpaired) electrons. The normalized spacial score (nSPS) is 15.3. The number of pyridine rings is 1. The van der Waals surface area contributed by atoms with Crippen LogP contribution in [0, 0.1) is 11.2 Å². The van der Waals surface area contributed by atoms with E-state index in [-0.39, 0.29) is 49.3 Å². The van der Waals surface area contributed by atoms with Gasteiger partial charge in [-0.2, -0.15) is 0 Å². The molecule has 0 bridgehead atoms.